The summed E-state index contributed by atoms with van der Waals surface area (Å²) in [6.07, 6.45) is 2.09. The predicted octanol–water partition coefficient (Wildman–Crippen LogP) is 8.52. The quantitative estimate of drug-likeness (QED) is 0.232. The molecule has 38 heavy (non-hydrogen) atoms. The normalized spacial score (nSPS) is 11.3. The molecule has 0 amide bonds. The zero-order valence-electron chi connectivity index (χ0n) is 22.4. The number of hydrogen-bond donors (Lipinski definition) is 0. The molecule has 0 aliphatic carbocycles. The van der Waals surface area contributed by atoms with Crippen molar-refractivity contribution in [3.8, 4) is 39.6 Å². The summed E-state index contributed by atoms with van der Waals surface area (Å²) in [7, 11) is 2.06. The van der Waals surface area contributed by atoms with Crippen LogP contribution in [-0.2, 0) is 7.05 Å². The van der Waals surface area contributed by atoms with Crippen molar-refractivity contribution in [2.75, 3.05) is 0 Å². The molecule has 0 unspecified atom stereocenters. The van der Waals surface area contributed by atoms with Crippen LogP contribution in [0.4, 0.5) is 0 Å². The van der Waals surface area contributed by atoms with E-state index in [9.17, 15) is 5.26 Å². The molecule has 2 heterocycles. The molecule has 6 rings (SSSR count). The molecule has 4 aromatic carbocycles. The largest absolute Gasteiger partial charge is 0.454 e. The lowest BCUT2D eigenvalue weighted by Crippen LogP contribution is -2.30. The van der Waals surface area contributed by atoms with Gasteiger partial charge in [0.25, 0.3) is 0 Å². The first kappa shape index (κ1) is 23.7. The molecular formula is C35H29N2O+. The molecule has 6 aromatic rings. The molecule has 2 aromatic heterocycles. The number of benzene rings is 4. The molecule has 3 heteroatoms. The number of nitriles is 1. The van der Waals surface area contributed by atoms with E-state index >= 15 is 0 Å². The summed E-state index contributed by atoms with van der Waals surface area (Å²) in [4.78, 5) is 0. The Hall–Kier alpha value is -4.68. The molecule has 0 bridgehead atoms. The summed E-state index contributed by atoms with van der Waals surface area (Å²) in [5.74, 6) is 0. The van der Waals surface area contributed by atoms with Crippen molar-refractivity contribution in [1.82, 2.24) is 0 Å². The molecule has 0 saturated heterocycles. The zero-order valence-corrected chi connectivity index (χ0v) is 22.4. The highest BCUT2D eigenvalue weighted by atomic mass is 16.3. The van der Waals surface area contributed by atoms with Gasteiger partial charge in [-0.15, -0.1) is 0 Å². The zero-order chi connectivity index (χ0) is 26.6. The second-order valence-corrected chi connectivity index (χ2v) is 10.3. The summed E-state index contributed by atoms with van der Waals surface area (Å²) in [6, 6.07) is 29.8. The van der Waals surface area contributed by atoms with Crippen LogP contribution >= 0.6 is 0 Å². The Balaban J connectivity index is 1.60. The maximum Gasteiger partial charge on any atom is 0.216 e. The van der Waals surface area contributed by atoms with E-state index in [4.69, 9.17) is 4.42 Å². The van der Waals surface area contributed by atoms with Crippen LogP contribution in [0.5, 0.6) is 0 Å². The molecule has 0 aliphatic heterocycles. The number of nitrogens with zero attached hydrogens (tertiary/aromatic N) is 2. The first-order valence-corrected chi connectivity index (χ1v) is 12.9. The fourth-order valence-electron chi connectivity index (χ4n) is 5.70. The van der Waals surface area contributed by atoms with Crippen molar-refractivity contribution < 1.29 is 8.98 Å². The maximum absolute atomic E-state index is 10.1. The van der Waals surface area contributed by atoms with E-state index in [1.54, 1.807) is 0 Å². The third-order valence-corrected chi connectivity index (χ3v) is 7.64. The molecule has 0 radical (unpaired) electrons. The van der Waals surface area contributed by atoms with Gasteiger partial charge in [-0.05, 0) is 78.8 Å². The van der Waals surface area contributed by atoms with Gasteiger partial charge in [-0.25, -0.2) is 4.57 Å². The van der Waals surface area contributed by atoms with E-state index in [1.165, 1.54) is 27.8 Å². The smallest absolute Gasteiger partial charge is 0.216 e. The predicted molar refractivity (Wildman–Crippen MR) is 155 cm³/mol. The van der Waals surface area contributed by atoms with Crippen LogP contribution in [0.3, 0.4) is 0 Å². The summed E-state index contributed by atoms with van der Waals surface area (Å²) in [6.45, 7) is 8.52. The van der Waals surface area contributed by atoms with Crippen LogP contribution in [-0.4, -0.2) is 0 Å². The van der Waals surface area contributed by atoms with Gasteiger partial charge in [0, 0.05) is 28.5 Å². The minimum atomic E-state index is 0.607. The minimum absolute atomic E-state index is 0.607. The molecular weight excluding hydrogens is 464 g/mol. The van der Waals surface area contributed by atoms with Crippen LogP contribution in [0.2, 0.25) is 0 Å². The third-order valence-electron chi connectivity index (χ3n) is 7.64. The average Bonchev–Trinajstić information content (AvgIpc) is 3.28. The fourth-order valence-corrected chi connectivity index (χ4v) is 5.70. The summed E-state index contributed by atoms with van der Waals surface area (Å²) >= 11 is 0. The highest BCUT2D eigenvalue weighted by Gasteiger charge is 2.23. The number of pyridine rings is 1. The van der Waals surface area contributed by atoms with Crippen molar-refractivity contribution in [1.29, 1.82) is 5.26 Å². The molecule has 0 spiro atoms. The molecule has 0 fully saturated rings. The Morgan fingerprint density at radius 3 is 1.89 bits per heavy atom. The van der Waals surface area contributed by atoms with Gasteiger partial charge in [-0.3, -0.25) is 0 Å². The van der Waals surface area contributed by atoms with Crippen molar-refractivity contribution in [2.45, 2.75) is 27.7 Å². The Bertz CT molecular complexity index is 1900. The van der Waals surface area contributed by atoms with Crippen LogP contribution in [0.1, 0.15) is 27.8 Å². The van der Waals surface area contributed by atoms with Crippen molar-refractivity contribution in [3.63, 3.8) is 0 Å². The SMILES string of the molecule is Cc1cc[n+](C)c(-c2c(C)ccc3c2oc2c(-c4ccc(-c5c(C)cccc5C)cc4)c(C#N)ccc23)c1. The number of furan rings is 1. The van der Waals surface area contributed by atoms with E-state index in [2.05, 4.69) is 118 Å². The highest BCUT2D eigenvalue weighted by Crippen LogP contribution is 2.42. The molecule has 0 aliphatic rings. The molecule has 0 saturated carbocycles. The molecule has 0 N–H and O–H groups in total. The first-order valence-electron chi connectivity index (χ1n) is 12.9. The lowest BCUT2D eigenvalue weighted by Gasteiger charge is -2.11. The summed E-state index contributed by atoms with van der Waals surface area (Å²) in [5, 5.41) is 12.1. The number of fused-ring (bicyclic) bond motifs is 3. The van der Waals surface area contributed by atoms with Crippen molar-refractivity contribution in [3.05, 3.63) is 113 Å². The summed E-state index contributed by atoms with van der Waals surface area (Å²) < 4.78 is 8.87. The Morgan fingerprint density at radius 2 is 1.24 bits per heavy atom. The Morgan fingerprint density at radius 1 is 0.658 bits per heavy atom. The van der Waals surface area contributed by atoms with Crippen molar-refractivity contribution >= 4 is 21.9 Å². The van der Waals surface area contributed by atoms with E-state index < -0.39 is 0 Å². The van der Waals surface area contributed by atoms with E-state index in [0.29, 0.717) is 5.56 Å². The van der Waals surface area contributed by atoms with Gasteiger partial charge in [0.1, 0.15) is 18.2 Å². The molecule has 184 valence electrons. The molecule has 3 nitrogen and oxygen atoms in total. The average molecular weight is 494 g/mol. The van der Waals surface area contributed by atoms with Gasteiger partial charge >= 0.3 is 0 Å². The summed E-state index contributed by atoms with van der Waals surface area (Å²) in [5.41, 5.74) is 13.5. The van der Waals surface area contributed by atoms with Crippen LogP contribution in [0, 0.1) is 39.0 Å². The van der Waals surface area contributed by atoms with E-state index in [0.717, 1.165) is 49.9 Å². The minimum Gasteiger partial charge on any atom is -0.454 e. The van der Waals surface area contributed by atoms with Gasteiger partial charge in [0.05, 0.1) is 17.2 Å². The lowest BCUT2D eigenvalue weighted by molar-refractivity contribution is -0.660. The first-order chi connectivity index (χ1) is 18.4. The van der Waals surface area contributed by atoms with Gasteiger partial charge in [0.2, 0.25) is 5.69 Å². The topological polar surface area (TPSA) is 40.8 Å². The van der Waals surface area contributed by atoms with E-state index in [1.807, 2.05) is 12.1 Å². The number of hydrogen-bond acceptors (Lipinski definition) is 2. The second-order valence-electron chi connectivity index (χ2n) is 10.3. The maximum atomic E-state index is 10.1. The fraction of sp³-hybridized carbons (Fsp3) is 0.143. The lowest BCUT2D eigenvalue weighted by atomic mass is 9.92. The molecule has 0 atom stereocenters. The standard InChI is InChI=1S/C35H29N2O/c1-21-17-18-37(5)30(19-21)32-24(4)9-15-28-29-16-14-27(20-36)33(35(29)38-34(28)32)26-12-10-25(11-13-26)31-22(2)7-6-8-23(31)3/h6-19H,1-5H3/q+1. The third kappa shape index (κ3) is 3.69. The van der Waals surface area contributed by atoms with Crippen molar-refractivity contribution in [2.24, 2.45) is 7.05 Å². The number of rotatable bonds is 3. The Kier molecular flexibility index (Phi) is 5.62. The second kappa shape index (κ2) is 9.01. The number of aromatic nitrogens is 1. The monoisotopic (exact) mass is 493 g/mol. The van der Waals surface area contributed by atoms with Crippen LogP contribution < -0.4 is 4.57 Å². The van der Waals surface area contributed by atoms with Gasteiger partial charge in [0.15, 0.2) is 6.20 Å². The van der Waals surface area contributed by atoms with Gasteiger partial charge in [-0.1, -0.05) is 54.6 Å². The Labute approximate surface area is 223 Å². The van der Waals surface area contributed by atoms with E-state index in [-0.39, 0.29) is 0 Å². The highest BCUT2D eigenvalue weighted by molar-refractivity contribution is 6.14. The van der Waals surface area contributed by atoms with Crippen LogP contribution in [0.25, 0.3) is 55.4 Å². The van der Waals surface area contributed by atoms with Gasteiger partial charge < -0.3 is 4.42 Å². The van der Waals surface area contributed by atoms with Crippen LogP contribution in [0.15, 0.2) is 89.5 Å². The number of aryl methyl sites for hydroxylation is 5. The van der Waals surface area contributed by atoms with Gasteiger partial charge in [-0.2, -0.15) is 5.26 Å².